The fourth-order valence-corrected chi connectivity index (χ4v) is 3.77. The number of hydrogen-bond acceptors (Lipinski definition) is 4. The third-order valence-electron chi connectivity index (χ3n) is 4.18. The van der Waals surface area contributed by atoms with Crippen molar-refractivity contribution in [1.82, 2.24) is 19.6 Å². The summed E-state index contributed by atoms with van der Waals surface area (Å²) in [6, 6.07) is 7.26. The minimum absolute atomic E-state index is 0.0276. The van der Waals surface area contributed by atoms with Crippen LogP contribution in [0.2, 0.25) is 0 Å². The third kappa shape index (κ3) is 3.65. The van der Waals surface area contributed by atoms with E-state index in [-0.39, 0.29) is 11.9 Å². The van der Waals surface area contributed by atoms with Crippen LogP contribution in [0.1, 0.15) is 23.2 Å². The van der Waals surface area contributed by atoms with Crippen LogP contribution in [-0.2, 0) is 10.0 Å². The van der Waals surface area contributed by atoms with E-state index >= 15 is 0 Å². The normalized spacial score (nSPS) is 16.9. The lowest BCUT2D eigenvalue weighted by Gasteiger charge is -2.30. The highest BCUT2D eigenvalue weighted by atomic mass is 32.2. The van der Waals surface area contributed by atoms with Gasteiger partial charge in [0.2, 0.25) is 10.0 Å². The number of aromatic amines is 1. The smallest absolute Gasteiger partial charge is 0.252 e. The highest BCUT2D eigenvalue weighted by Gasteiger charge is 2.26. The van der Waals surface area contributed by atoms with Crippen LogP contribution in [0.5, 0.6) is 0 Å². The van der Waals surface area contributed by atoms with Gasteiger partial charge >= 0.3 is 0 Å². The zero-order valence-electron chi connectivity index (χ0n) is 13.4. The third-order valence-corrected chi connectivity index (χ3v) is 5.49. The number of piperidine rings is 1. The summed E-state index contributed by atoms with van der Waals surface area (Å²) in [5.41, 5.74) is 1.30. The Bertz CT molecular complexity index is 810. The Morgan fingerprint density at radius 3 is 2.62 bits per heavy atom. The van der Waals surface area contributed by atoms with Crippen LogP contribution in [0.15, 0.2) is 36.7 Å². The molecule has 0 aliphatic carbocycles. The Morgan fingerprint density at radius 1 is 1.29 bits per heavy atom. The van der Waals surface area contributed by atoms with Gasteiger partial charge < -0.3 is 10.3 Å². The van der Waals surface area contributed by atoms with Crippen LogP contribution >= 0.6 is 0 Å². The molecule has 0 atom stereocenters. The lowest BCUT2D eigenvalue weighted by Crippen LogP contribution is -2.46. The van der Waals surface area contributed by atoms with Crippen molar-refractivity contribution in [1.29, 1.82) is 0 Å². The SMILES string of the molecule is CS(=O)(=O)N1CCC(NC(=O)c2ccccc2-c2ncc[nH]2)CC1. The molecule has 1 aromatic heterocycles. The van der Waals surface area contributed by atoms with Crippen LogP contribution in [-0.4, -0.2) is 54.0 Å². The molecule has 2 aromatic rings. The monoisotopic (exact) mass is 348 g/mol. The maximum atomic E-state index is 12.6. The molecule has 128 valence electrons. The highest BCUT2D eigenvalue weighted by molar-refractivity contribution is 7.88. The van der Waals surface area contributed by atoms with E-state index in [0.717, 1.165) is 5.56 Å². The van der Waals surface area contributed by atoms with Crippen molar-refractivity contribution in [3.63, 3.8) is 0 Å². The molecule has 1 aliphatic rings. The lowest BCUT2D eigenvalue weighted by atomic mass is 10.0. The number of sulfonamides is 1. The average Bonchev–Trinajstić information content (AvgIpc) is 3.09. The van der Waals surface area contributed by atoms with E-state index in [2.05, 4.69) is 15.3 Å². The topological polar surface area (TPSA) is 95.2 Å². The zero-order chi connectivity index (χ0) is 17.2. The van der Waals surface area contributed by atoms with Gasteiger partial charge in [-0.2, -0.15) is 0 Å². The van der Waals surface area contributed by atoms with Gasteiger partial charge in [0.05, 0.1) is 11.8 Å². The molecular formula is C16H20N4O3S. The Labute approximate surface area is 141 Å². The second kappa shape index (κ2) is 6.74. The van der Waals surface area contributed by atoms with Gasteiger partial charge in [0.1, 0.15) is 5.82 Å². The van der Waals surface area contributed by atoms with Crippen molar-refractivity contribution in [2.45, 2.75) is 18.9 Å². The van der Waals surface area contributed by atoms with Crippen LogP contribution < -0.4 is 5.32 Å². The molecule has 0 radical (unpaired) electrons. The number of carbonyl (C=O) groups is 1. The molecule has 1 aromatic carbocycles. The number of nitrogens with zero attached hydrogens (tertiary/aromatic N) is 2. The fourth-order valence-electron chi connectivity index (χ4n) is 2.90. The Kier molecular flexibility index (Phi) is 4.68. The van der Waals surface area contributed by atoms with Crippen LogP contribution in [0.25, 0.3) is 11.4 Å². The first-order chi connectivity index (χ1) is 11.4. The molecule has 2 N–H and O–H groups in total. The Hall–Kier alpha value is -2.19. The van der Waals surface area contributed by atoms with Crippen molar-refractivity contribution in [2.75, 3.05) is 19.3 Å². The molecule has 0 bridgehead atoms. The quantitative estimate of drug-likeness (QED) is 0.869. The summed E-state index contributed by atoms with van der Waals surface area (Å²) >= 11 is 0. The summed E-state index contributed by atoms with van der Waals surface area (Å²) in [4.78, 5) is 19.8. The van der Waals surface area contributed by atoms with Gasteiger partial charge in [-0.15, -0.1) is 0 Å². The number of amides is 1. The minimum atomic E-state index is -3.16. The number of benzene rings is 1. The van der Waals surface area contributed by atoms with Gasteiger partial charge in [-0.25, -0.2) is 17.7 Å². The van der Waals surface area contributed by atoms with Gasteiger partial charge in [-0.1, -0.05) is 18.2 Å². The standard InChI is InChI=1S/C16H20N4O3S/c1-24(22,23)20-10-6-12(7-11-20)19-16(21)14-5-3-2-4-13(14)15-17-8-9-18-15/h2-5,8-9,12H,6-7,10-11H2,1H3,(H,17,18)(H,19,21). The molecule has 1 saturated heterocycles. The summed E-state index contributed by atoms with van der Waals surface area (Å²) in [6.45, 7) is 0.868. The molecule has 1 fully saturated rings. The van der Waals surface area contributed by atoms with Gasteiger partial charge in [0.15, 0.2) is 0 Å². The summed E-state index contributed by atoms with van der Waals surface area (Å²) in [6.07, 6.45) is 5.80. The van der Waals surface area contributed by atoms with E-state index in [1.807, 2.05) is 18.2 Å². The summed E-state index contributed by atoms with van der Waals surface area (Å²) < 4.78 is 24.5. The van der Waals surface area contributed by atoms with Gasteiger partial charge in [-0.05, 0) is 18.9 Å². The predicted molar refractivity (Wildman–Crippen MR) is 90.9 cm³/mol. The Balaban J connectivity index is 1.69. The number of hydrogen-bond donors (Lipinski definition) is 2. The van der Waals surface area contributed by atoms with Crippen molar-refractivity contribution in [3.05, 3.63) is 42.2 Å². The maximum absolute atomic E-state index is 12.6. The van der Waals surface area contributed by atoms with Crippen LogP contribution in [0, 0.1) is 0 Å². The van der Waals surface area contributed by atoms with Crippen molar-refractivity contribution in [3.8, 4) is 11.4 Å². The first-order valence-corrected chi connectivity index (χ1v) is 9.65. The number of carbonyl (C=O) groups excluding carboxylic acids is 1. The number of H-pyrrole nitrogens is 1. The fraction of sp³-hybridized carbons (Fsp3) is 0.375. The molecule has 0 saturated carbocycles. The lowest BCUT2D eigenvalue weighted by molar-refractivity contribution is 0.0924. The highest BCUT2D eigenvalue weighted by Crippen LogP contribution is 2.21. The molecule has 1 aliphatic heterocycles. The molecule has 8 heteroatoms. The molecule has 0 spiro atoms. The summed E-state index contributed by atoms with van der Waals surface area (Å²) in [5, 5.41) is 3.01. The average molecular weight is 348 g/mol. The second-order valence-corrected chi connectivity index (χ2v) is 7.88. The molecule has 2 heterocycles. The number of rotatable bonds is 4. The van der Waals surface area contributed by atoms with Crippen molar-refractivity contribution < 1.29 is 13.2 Å². The number of imidazole rings is 1. The first kappa shape index (κ1) is 16.7. The van der Waals surface area contributed by atoms with E-state index in [9.17, 15) is 13.2 Å². The molecule has 3 rings (SSSR count). The molecule has 24 heavy (non-hydrogen) atoms. The number of aromatic nitrogens is 2. The van der Waals surface area contributed by atoms with Crippen molar-refractivity contribution >= 4 is 15.9 Å². The van der Waals surface area contributed by atoms with Crippen LogP contribution in [0.4, 0.5) is 0 Å². The molecule has 7 nitrogen and oxygen atoms in total. The van der Waals surface area contributed by atoms with E-state index in [1.165, 1.54) is 10.6 Å². The predicted octanol–water partition coefficient (Wildman–Crippen LogP) is 1.23. The van der Waals surface area contributed by atoms with E-state index < -0.39 is 10.0 Å². The molecule has 1 amide bonds. The Morgan fingerprint density at radius 2 is 2.00 bits per heavy atom. The van der Waals surface area contributed by atoms with E-state index in [0.29, 0.717) is 37.3 Å². The largest absolute Gasteiger partial charge is 0.349 e. The zero-order valence-corrected chi connectivity index (χ0v) is 14.2. The molecule has 0 unspecified atom stereocenters. The van der Waals surface area contributed by atoms with E-state index in [4.69, 9.17) is 0 Å². The van der Waals surface area contributed by atoms with Crippen LogP contribution in [0.3, 0.4) is 0 Å². The second-order valence-electron chi connectivity index (χ2n) is 5.89. The summed E-state index contributed by atoms with van der Waals surface area (Å²) in [7, 11) is -3.16. The van der Waals surface area contributed by atoms with Gasteiger partial charge in [-0.3, -0.25) is 4.79 Å². The van der Waals surface area contributed by atoms with Gasteiger partial charge in [0.25, 0.3) is 5.91 Å². The molecular weight excluding hydrogens is 328 g/mol. The van der Waals surface area contributed by atoms with Gasteiger partial charge in [0, 0.05) is 37.1 Å². The first-order valence-electron chi connectivity index (χ1n) is 7.80. The minimum Gasteiger partial charge on any atom is -0.349 e. The van der Waals surface area contributed by atoms with Crippen molar-refractivity contribution in [2.24, 2.45) is 0 Å². The number of nitrogens with one attached hydrogen (secondary N) is 2. The van der Waals surface area contributed by atoms with E-state index in [1.54, 1.807) is 18.5 Å². The maximum Gasteiger partial charge on any atom is 0.252 e. The summed E-state index contributed by atoms with van der Waals surface area (Å²) in [5.74, 6) is 0.479.